The van der Waals surface area contributed by atoms with E-state index in [1.807, 2.05) is 38.4 Å². The van der Waals surface area contributed by atoms with Gasteiger partial charge >= 0.3 is 0 Å². The van der Waals surface area contributed by atoms with Crippen molar-refractivity contribution in [3.8, 4) is 5.75 Å². The number of rotatable bonds is 5. The smallest absolute Gasteiger partial charge is 0.224 e. The summed E-state index contributed by atoms with van der Waals surface area (Å²) < 4.78 is 7.43. The van der Waals surface area contributed by atoms with Crippen LogP contribution in [0.25, 0.3) is 5.65 Å². The van der Waals surface area contributed by atoms with Crippen LogP contribution in [-0.4, -0.2) is 47.8 Å². The van der Waals surface area contributed by atoms with Gasteiger partial charge in [-0.2, -0.15) is 9.61 Å². The third-order valence-electron chi connectivity index (χ3n) is 4.65. The molecule has 3 aromatic rings. The molecular formula is C19H23N7O2. The van der Waals surface area contributed by atoms with Crippen LogP contribution in [0.4, 0.5) is 28.7 Å². The predicted octanol–water partition coefficient (Wildman–Crippen LogP) is 2.69. The Bertz CT molecular complexity index is 1030. The number of hydrogen-bond acceptors (Lipinski definition) is 7. The van der Waals surface area contributed by atoms with E-state index in [-0.39, 0.29) is 5.91 Å². The van der Waals surface area contributed by atoms with Gasteiger partial charge in [0.15, 0.2) is 5.65 Å². The van der Waals surface area contributed by atoms with Crippen LogP contribution in [0.15, 0.2) is 30.5 Å². The molecule has 9 heteroatoms. The van der Waals surface area contributed by atoms with Gasteiger partial charge in [0.1, 0.15) is 35.4 Å². The second-order valence-electron chi connectivity index (χ2n) is 6.52. The summed E-state index contributed by atoms with van der Waals surface area (Å²) >= 11 is 0. The highest BCUT2D eigenvalue weighted by Gasteiger charge is 2.20. The number of aromatic nitrogens is 3. The Balaban J connectivity index is 1.75. The number of fused-ring (bicyclic) bond motifs is 2. The largest absolute Gasteiger partial charge is 0.489 e. The van der Waals surface area contributed by atoms with Gasteiger partial charge in [0.2, 0.25) is 5.91 Å². The maximum absolute atomic E-state index is 11.8. The molecule has 3 heterocycles. The average Bonchev–Trinajstić information content (AvgIpc) is 3.10. The summed E-state index contributed by atoms with van der Waals surface area (Å²) in [5, 5.41) is 13.7. The predicted molar refractivity (Wildman–Crippen MR) is 110 cm³/mol. The van der Waals surface area contributed by atoms with Gasteiger partial charge in [-0.15, -0.1) is 0 Å². The molecule has 0 atom stereocenters. The van der Waals surface area contributed by atoms with Crippen molar-refractivity contribution in [2.24, 2.45) is 0 Å². The summed E-state index contributed by atoms with van der Waals surface area (Å²) in [4.78, 5) is 18.7. The molecule has 1 aliphatic rings. The number of likely N-dealkylation sites (N-methyl/N-ethyl adjacent to an activating group) is 1. The Kier molecular flexibility index (Phi) is 4.64. The van der Waals surface area contributed by atoms with Crippen molar-refractivity contribution in [3.05, 3.63) is 30.5 Å². The van der Waals surface area contributed by atoms with Gasteiger partial charge in [-0.1, -0.05) is 13.0 Å². The number of anilines is 5. The van der Waals surface area contributed by atoms with Gasteiger partial charge in [0.05, 0.1) is 18.4 Å². The molecule has 0 radical (unpaired) electrons. The number of ether oxygens (including phenoxy) is 1. The second-order valence-corrected chi connectivity index (χ2v) is 6.52. The highest BCUT2D eigenvalue weighted by atomic mass is 16.5. The summed E-state index contributed by atoms with van der Waals surface area (Å²) in [7, 11) is 3.86. The fraction of sp³-hybridized carbons (Fsp3) is 0.316. The number of nitrogens with zero attached hydrogens (tertiary/aromatic N) is 4. The van der Waals surface area contributed by atoms with E-state index in [0.29, 0.717) is 30.2 Å². The molecular weight excluding hydrogens is 358 g/mol. The van der Waals surface area contributed by atoms with E-state index in [9.17, 15) is 4.79 Å². The molecule has 0 saturated carbocycles. The summed E-state index contributed by atoms with van der Waals surface area (Å²) in [6, 6.07) is 7.77. The van der Waals surface area contributed by atoms with Gasteiger partial charge in [0.25, 0.3) is 0 Å². The lowest BCUT2D eigenvalue weighted by Crippen LogP contribution is -2.29. The highest BCUT2D eigenvalue weighted by molar-refractivity contribution is 5.94. The van der Waals surface area contributed by atoms with Crippen molar-refractivity contribution in [1.29, 1.82) is 0 Å². The molecule has 1 aliphatic heterocycles. The number of benzene rings is 1. The Morgan fingerprint density at radius 3 is 2.96 bits per heavy atom. The summed E-state index contributed by atoms with van der Waals surface area (Å²) in [6.45, 7) is 3.28. The third kappa shape index (κ3) is 3.15. The van der Waals surface area contributed by atoms with Crippen LogP contribution in [0.5, 0.6) is 5.75 Å². The molecule has 9 nitrogen and oxygen atoms in total. The number of carbonyl (C=O) groups is 1. The first-order chi connectivity index (χ1) is 13.6. The molecule has 3 N–H and O–H groups in total. The van der Waals surface area contributed by atoms with Gasteiger partial charge in [0, 0.05) is 26.6 Å². The summed E-state index contributed by atoms with van der Waals surface area (Å²) in [5.74, 6) is 2.14. The molecule has 2 aromatic heterocycles. The quantitative estimate of drug-likeness (QED) is 0.625. The van der Waals surface area contributed by atoms with Crippen molar-refractivity contribution in [1.82, 2.24) is 14.6 Å². The van der Waals surface area contributed by atoms with Gasteiger partial charge in [-0.3, -0.25) is 4.79 Å². The monoisotopic (exact) mass is 381 g/mol. The Labute approximate surface area is 162 Å². The minimum absolute atomic E-state index is 0.0861. The Morgan fingerprint density at radius 1 is 1.32 bits per heavy atom. The normalized spacial score (nSPS) is 13.0. The van der Waals surface area contributed by atoms with E-state index in [2.05, 4.69) is 30.9 Å². The molecule has 0 saturated heterocycles. The lowest BCUT2D eigenvalue weighted by Gasteiger charge is -2.29. The number of carbonyl (C=O) groups excluding carboxylic acids is 1. The van der Waals surface area contributed by atoms with E-state index in [0.717, 1.165) is 29.5 Å². The van der Waals surface area contributed by atoms with E-state index in [4.69, 9.17) is 4.74 Å². The maximum atomic E-state index is 11.8. The molecule has 146 valence electrons. The molecule has 0 unspecified atom stereocenters. The molecule has 4 rings (SSSR count). The minimum atomic E-state index is -0.0861. The second kappa shape index (κ2) is 7.26. The van der Waals surface area contributed by atoms with E-state index >= 15 is 0 Å². The zero-order chi connectivity index (χ0) is 19.7. The zero-order valence-electron chi connectivity index (χ0n) is 16.1. The fourth-order valence-electron chi connectivity index (χ4n) is 3.21. The maximum Gasteiger partial charge on any atom is 0.224 e. The van der Waals surface area contributed by atoms with Crippen molar-refractivity contribution in [3.63, 3.8) is 0 Å². The number of para-hydroxylation sites is 1. The lowest BCUT2D eigenvalue weighted by molar-refractivity contribution is -0.115. The van der Waals surface area contributed by atoms with Crippen LogP contribution in [0, 0.1) is 0 Å². The third-order valence-corrected chi connectivity index (χ3v) is 4.65. The first-order valence-corrected chi connectivity index (χ1v) is 9.21. The molecule has 0 bridgehead atoms. The van der Waals surface area contributed by atoms with Crippen molar-refractivity contribution >= 4 is 40.3 Å². The number of hydrogen-bond donors (Lipinski definition) is 3. The van der Waals surface area contributed by atoms with Crippen molar-refractivity contribution in [2.45, 2.75) is 13.3 Å². The summed E-state index contributed by atoms with van der Waals surface area (Å²) in [6.07, 6.45) is 1.99. The Hall–Kier alpha value is -3.49. The average molecular weight is 381 g/mol. The minimum Gasteiger partial charge on any atom is -0.489 e. The van der Waals surface area contributed by atoms with E-state index in [1.54, 1.807) is 17.6 Å². The first-order valence-electron chi connectivity index (χ1n) is 9.21. The van der Waals surface area contributed by atoms with Crippen LogP contribution in [0.2, 0.25) is 0 Å². The number of amides is 1. The SMILES string of the molecule is CCC(=O)Nc1cnn2c(NC)cc(Nc3cccc4c3N(C)CCO4)nc12. The standard InChI is InChI=1S/C19H23N7O2/c1-4-17(27)23-13-11-21-26-16(20-2)10-15(24-19(13)26)22-12-6-5-7-14-18(12)25(3)8-9-28-14/h5-7,10-11,20H,4,8-9H2,1-3H3,(H,22,24)(H,23,27). The topological polar surface area (TPSA) is 95.8 Å². The lowest BCUT2D eigenvalue weighted by atomic mass is 10.2. The van der Waals surface area contributed by atoms with Crippen molar-refractivity contribution < 1.29 is 9.53 Å². The molecule has 0 fully saturated rings. The Morgan fingerprint density at radius 2 is 2.18 bits per heavy atom. The van der Waals surface area contributed by atoms with Crippen LogP contribution in [-0.2, 0) is 4.79 Å². The summed E-state index contributed by atoms with van der Waals surface area (Å²) in [5.41, 5.74) is 3.03. The van der Waals surface area contributed by atoms with Gasteiger partial charge < -0.3 is 25.6 Å². The van der Waals surface area contributed by atoms with Crippen LogP contribution in [0.3, 0.4) is 0 Å². The van der Waals surface area contributed by atoms with Crippen LogP contribution in [0.1, 0.15) is 13.3 Å². The van der Waals surface area contributed by atoms with Crippen LogP contribution < -0.4 is 25.6 Å². The van der Waals surface area contributed by atoms with E-state index in [1.165, 1.54) is 0 Å². The zero-order valence-corrected chi connectivity index (χ0v) is 16.1. The van der Waals surface area contributed by atoms with Gasteiger partial charge in [-0.05, 0) is 12.1 Å². The van der Waals surface area contributed by atoms with Gasteiger partial charge in [-0.25, -0.2) is 4.98 Å². The molecule has 28 heavy (non-hydrogen) atoms. The van der Waals surface area contributed by atoms with E-state index < -0.39 is 0 Å². The first kappa shape index (κ1) is 17.9. The van der Waals surface area contributed by atoms with Crippen LogP contribution >= 0.6 is 0 Å². The van der Waals surface area contributed by atoms with Crippen molar-refractivity contribution in [2.75, 3.05) is 48.1 Å². The molecule has 0 spiro atoms. The molecule has 0 aliphatic carbocycles. The number of nitrogens with one attached hydrogen (secondary N) is 3. The highest BCUT2D eigenvalue weighted by Crippen LogP contribution is 2.39. The molecule has 1 aromatic carbocycles. The molecule has 1 amide bonds. The fourth-order valence-corrected chi connectivity index (χ4v) is 3.21.